The van der Waals surface area contributed by atoms with Crippen LogP contribution in [0.1, 0.15) is 37.7 Å². The summed E-state index contributed by atoms with van der Waals surface area (Å²) in [5.41, 5.74) is 0.625. The van der Waals surface area contributed by atoms with Crippen LogP contribution in [0.15, 0.2) is 49.1 Å². The fourth-order valence-electron chi connectivity index (χ4n) is 4.82. The van der Waals surface area contributed by atoms with Crippen LogP contribution in [0.4, 0.5) is 0 Å². The lowest BCUT2D eigenvalue weighted by atomic mass is 9.72. The summed E-state index contributed by atoms with van der Waals surface area (Å²) in [5, 5.41) is 3.00. The molecule has 1 N–H and O–H groups in total. The van der Waals surface area contributed by atoms with Crippen LogP contribution in [-0.2, 0) is 26.3 Å². The van der Waals surface area contributed by atoms with Gasteiger partial charge in [0, 0.05) is 58.2 Å². The third-order valence-electron chi connectivity index (χ3n) is 6.71. The Bertz CT molecular complexity index is 839. The number of amides is 2. The van der Waals surface area contributed by atoms with Gasteiger partial charge in [0.15, 0.2) is 0 Å². The maximum Gasteiger partial charge on any atom is 0.233 e. The van der Waals surface area contributed by atoms with Gasteiger partial charge in [0.2, 0.25) is 11.8 Å². The van der Waals surface area contributed by atoms with Crippen molar-refractivity contribution in [2.24, 2.45) is 5.92 Å². The van der Waals surface area contributed by atoms with Gasteiger partial charge in [-0.2, -0.15) is 0 Å². The first-order chi connectivity index (χ1) is 15.2. The molecule has 0 aliphatic carbocycles. The molecule has 7 nitrogen and oxygen atoms in total. The highest BCUT2D eigenvalue weighted by Gasteiger charge is 2.44. The Balaban J connectivity index is 1.28. The number of carbonyl (C=O) groups excluding carboxylic acids is 2. The van der Waals surface area contributed by atoms with Gasteiger partial charge in [0.1, 0.15) is 0 Å². The first-order valence-corrected chi connectivity index (χ1v) is 11.3. The molecule has 0 saturated carbocycles. The molecule has 3 heterocycles. The maximum atomic E-state index is 13.6. The Hall–Kier alpha value is -2.67. The third-order valence-corrected chi connectivity index (χ3v) is 6.71. The molecule has 2 aliphatic rings. The largest absolute Gasteiger partial charge is 0.381 e. The summed E-state index contributed by atoms with van der Waals surface area (Å²) in [4.78, 5) is 32.0. The molecule has 0 radical (unpaired) electrons. The molecule has 0 atom stereocenters. The van der Waals surface area contributed by atoms with E-state index in [1.54, 1.807) is 12.5 Å². The molecule has 4 rings (SSSR count). The molecule has 31 heavy (non-hydrogen) atoms. The topological polar surface area (TPSA) is 76.5 Å². The number of piperidine rings is 1. The van der Waals surface area contributed by atoms with Crippen LogP contribution < -0.4 is 5.32 Å². The average Bonchev–Trinajstić information content (AvgIpc) is 3.34. The van der Waals surface area contributed by atoms with Gasteiger partial charge in [-0.15, -0.1) is 0 Å². The van der Waals surface area contributed by atoms with Gasteiger partial charge in [-0.25, -0.2) is 4.98 Å². The second-order valence-electron chi connectivity index (χ2n) is 8.65. The van der Waals surface area contributed by atoms with Gasteiger partial charge in [-0.3, -0.25) is 9.59 Å². The molecule has 2 aliphatic heterocycles. The number of rotatable bonds is 7. The molecule has 2 fully saturated rings. The molecule has 0 spiro atoms. The summed E-state index contributed by atoms with van der Waals surface area (Å²) in [6.07, 6.45) is 9.12. The highest BCUT2D eigenvalue weighted by Crippen LogP contribution is 2.37. The van der Waals surface area contributed by atoms with Gasteiger partial charge < -0.3 is 19.5 Å². The fraction of sp³-hybridized carbons (Fsp3) is 0.542. The standard InChI is InChI=1S/C24H32N4O3/c29-22(26-11-15-27-14-10-25-19-27)18-20-6-12-28(13-7-20)23(30)24(8-16-31-17-9-24)21-4-2-1-3-5-21/h1-5,10,14,19-20H,6-9,11-13,15-18H2,(H,26,29). The number of ether oxygens (including phenoxy) is 1. The van der Waals surface area contributed by atoms with E-state index >= 15 is 0 Å². The summed E-state index contributed by atoms with van der Waals surface area (Å²) in [7, 11) is 0. The average molecular weight is 425 g/mol. The molecule has 1 aromatic heterocycles. The van der Waals surface area contributed by atoms with Crippen LogP contribution in [0.2, 0.25) is 0 Å². The number of imidazole rings is 1. The Morgan fingerprint density at radius 3 is 2.55 bits per heavy atom. The molecule has 7 heteroatoms. The molecule has 166 valence electrons. The van der Waals surface area contributed by atoms with Crippen molar-refractivity contribution in [2.75, 3.05) is 32.8 Å². The van der Waals surface area contributed by atoms with E-state index in [4.69, 9.17) is 4.74 Å². The molecular formula is C24H32N4O3. The monoisotopic (exact) mass is 424 g/mol. The summed E-state index contributed by atoms with van der Waals surface area (Å²) < 4.78 is 7.53. The van der Waals surface area contributed by atoms with Gasteiger partial charge in [0.05, 0.1) is 11.7 Å². The van der Waals surface area contributed by atoms with E-state index < -0.39 is 5.41 Å². The number of aromatic nitrogens is 2. The van der Waals surface area contributed by atoms with Gasteiger partial charge >= 0.3 is 0 Å². The predicted molar refractivity (Wildman–Crippen MR) is 117 cm³/mol. The Morgan fingerprint density at radius 1 is 1.13 bits per heavy atom. The van der Waals surface area contributed by atoms with E-state index in [0.29, 0.717) is 32.1 Å². The number of hydrogen-bond acceptors (Lipinski definition) is 4. The number of hydrogen-bond donors (Lipinski definition) is 1. The summed E-state index contributed by atoms with van der Waals surface area (Å²) in [6, 6.07) is 10.2. The lowest BCUT2D eigenvalue weighted by Crippen LogP contribution is -2.52. The van der Waals surface area contributed by atoms with Crippen LogP contribution >= 0.6 is 0 Å². The number of benzene rings is 1. The molecule has 2 amide bonds. The molecule has 2 saturated heterocycles. The minimum atomic E-state index is -0.475. The molecular weight excluding hydrogens is 392 g/mol. The van der Waals surface area contributed by atoms with Crippen molar-refractivity contribution in [3.8, 4) is 0 Å². The van der Waals surface area contributed by atoms with Crippen molar-refractivity contribution >= 4 is 11.8 Å². The van der Waals surface area contributed by atoms with Crippen molar-refractivity contribution in [1.29, 1.82) is 0 Å². The van der Waals surface area contributed by atoms with Crippen LogP contribution in [0.25, 0.3) is 0 Å². The van der Waals surface area contributed by atoms with Crippen LogP contribution in [0, 0.1) is 5.92 Å². The summed E-state index contributed by atoms with van der Waals surface area (Å²) in [5.74, 6) is 0.653. The Morgan fingerprint density at radius 2 is 1.87 bits per heavy atom. The zero-order valence-electron chi connectivity index (χ0n) is 18.0. The zero-order chi connectivity index (χ0) is 21.5. The smallest absolute Gasteiger partial charge is 0.233 e. The summed E-state index contributed by atoms with van der Waals surface area (Å²) >= 11 is 0. The van der Waals surface area contributed by atoms with Crippen molar-refractivity contribution in [3.05, 3.63) is 54.6 Å². The van der Waals surface area contributed by atoms with E-state index in [0.717, 1.165) is 50.9 Å². The van der Waals surface area contributed by atoms with Crippen LogP contribution in [-0.4, -0.2) is 59.1 Å². The van der Waals surface area contributed by atoms with Crippen molar-refractivity contribution in [1.82, 2.24) is 19.8 Å². The normalized spacial score (nSPS) is 19.2. The predicted octanol–water partition coefficient (Wildman–Crippen LogP) is 2.38. The van der Waals surface area contributed by atoms with E-state index in [1.807, 2.05) is 33.9 Å². The second kappa shape index (κ2) is 10.1. The minimum Gasteiger partial charge on any atom is -0.381 e. The maximum absolute atomic E-state index is 13.6. The number of likely N-dealkylation sites (tertiary alicyclic amines) is 1. The molecule has 0 bridgehead atoms. The number of carbonyl (C=O) groups is 2. The Kier molecular flexibility index (Phi) is 7.02. The first kappa shape index (κ1) is 21.6. The fourth-order valence-corrected chi connectivity index (χ4v) is 4.82. The highest BCUT2D eigenvalue weighted by atomic mass is 16.5. The van der Waals surface area contributed by atoms with E-state index in [2.05, 4.69) is 22.4 Å². The number of nitrogens with one attached hydrogen (secondary N) is 1. The van der Waals surface area contributed by atoms with Crippen molar-refractivity contribution in [3.63, 3.8) is 0 Å². The lowest BCUT2D eigenvalue weighted by molar-refractivity contribution is -0.143. The molecule has 2 aromatic rings. The first-order valence-electron chi connectivity index (χ1n) is 11.3. The third kappa shape index (κ3) is 5.15. The molecule has 0 unspecified atom stereocenters. The van der Waals surface area contributed by atoms with Crippen molar-refractivity contribution < 1.29 is 14.3 Å². The van der Waals surface area contributed by atoms with Gasteiger partial charge in [-0.05, 0) is 37.2 Å². The molecule has 1 aromatic carbocycles. The SMILES string of the molecule is O=C(CC1CCN(C(=O)C2(c3ccccc3)CCOCC2)CC1)NCCn1ccnc1. The van der Waals surface area contributed by atoms with Crippen LogP contribution in [0.5, 0.6) is 0 Å². The van der Waals surface area contributed by atoms with E-state index in [-0.39, 0.29) is 11.8 Å². The zero-order valence-corrected chi connectivity index (χ0v) is 18.0. The summed E-state index contributed by atoms with van der Waals surface area (Å²) in [6.45, 7) is 4.02. The van der Waals surface area contributed by atoms with E-state index in [1.165, 1.54) is 0 Å². The Labute approximate surface area is 183 Å². The lowest BCUT2D eigenvalue weighted by Gasteiger charge is -2.42. The second-order valence-corrected chi connectivity index (χ2v) is 8.65. The van der Waals surface area contributed by atoms with Crippen LogP contribution in [0.3, 0.4) is 0 Å². The number of nitrogens with zero attached hydrogens (tertiary/aromatic N) is 3. The van der Waals surface area contributed by atoms with Gasteiger partial charge in [0.25, 0.3) is 0 Å². The van der Waals surface area contributed by atoms with Gasteiger partial charge in [-0.1, -0.05) is 30.3 Å². The quantitative estimate of drug-likeness (QED) is 0.740. The minimum absolute atomic E-state index is 0.0927. The van der Waals surface area contributed by atoms with E-state index in [9.17, 15) is 9.59 Å². The highest BCUT2D eigenvalue weighted by molar-refractivity contribution is 5.88. The van der Waals surface area contributed by atoms with Crippen molar-refractivity contribution in [2.45, 2.75) is 44.1 Å².